The highest BCUT2D eigenvalue weighted by atomic mass is 79.9. The molecule has 6 radical (unpaired) electrons. The Morgan fingerprint density at radius 2 is 1.71 bits per heavy atom. The molecule has 0 aromatic carbocycles. The Balaban J connectivity index is 2.04. The second-order valence-corrected chi connectivity index (χ2v) is 13.5. The number of hydrogen-bond donors (Lipinski definition) is 2. The van der Waals surface area contributed by atoms with Gasteiger partial charge in [0.25, 0.3) is 11.8 Å². The van der Waals surface area contributed by atoms with Gasteiger partial charge in [0.05, 0.1) is 16.8 Å². The SMILES string of the molecule is CC(OCN1CCC(=C2N=C(N)NC2=O)c2cc(Br)n(COC(C)C(C)(C)[Si])c2C1=O)C(C)(C)[Si]. The van der Waals surface area contributed by atoms with Gasteiger partial charge in [-0.2, -0.15) is 0 Å². The first kappa shape index (κ1) is 27.8. The third-order valence-corrected chi connectivity index (χ3v) is 7.90. The third-order valence-electron chi connectivity index (χ3n) is 6.43. The minimum Gasteiger partial charge on any atom is -0.369 e. The van der Waals surface area contributed by atoms with Crippen LogP contribution in [0.1, 0.15) is 64.0 Å². The molecule has 3 rings (SSSR count). The normalized spacial score (nSPS) is 20.9. The molecule has 2 amide bonds. The summed E-state index contributed by atoms with van der Waals surface area (Å²) >= 11 is 3.58. The first-order valence-electron chi connectivity index (χ1n) is 11.4. The molecule has 2 atom stereocenters. The highest BCUT2D eigenvalue weighted by Crippen LogP contribution is 2.37. The van der Waals surface area contributed by atoms with Crippen LogP contribution in [0.4, 0.5) is 0 Å². The zero-order valence-corrected chi connectivity index (χ0v) is 24.6. The molecular formula is C23H32BrN5O4Si2. The number of nitrogens with zero attached hydrogens (tertiary/aromatic N) is 3. The van der Waals surface area contributed by atoms with Gasteiger partial charge in [-0.3, -0.25) is 14.9 Å². The van der Waals surface area contributed by atoms with Gasteiger partial charge in [-0.25, -0.2) is 4.99 Å². The molecule has 0 aliphatic carbocycles. The predicted molar refractivity (Wildman–Crippen MR) is 140 cm³/mol. The second kappa shape index (κ2) is 10.3. The van der Waals surface area contributed by atoms with Crippen LogP contribution >= 0.6 is 15.9 Å². The molecule has 2 aliphatic rings. The Bertz CT molecular complexity index is 1070. The van der Waals surface area contributed by atoms with E-state index in [1.54, 1.807) is 9.47 Å². The molecule has 1 aromatic heterocycles. The van der Waals surface area contributed by atoms with E-state index < -0.39 is 0 Å². The third kappa shape index (κ3) is 6.16. The number of hydrogen-bond acceptors (Lipinski definition) is 6. The molecule has 2 aliphatic heterocycles. The van der Waals surface area contributed by atoms with E-state index in [4.69, 9.17) is 15.2 Å². The van der Waals surface area contributed by atoms with Gasteiger partial charge in [0.1, 0.15) is 24.9 Å². The van der Waals surface area contributed by atoms with Gasteiger partial charge in [-0.1, -0.05) is 27.7 Å². The summed E-state index contributed by atoms with van der Waals surface area (Å²) in [5, 5.41) is 2.00. The van der Waals surface area contributed by atoms with Crippen molar-refractivity contribution in [3.8, 4) is 0 Å². The molecule has 35 heavy (non-hydrogen) atoms. The molecule has 3 N–H and O–H groups in total. The molecule has 0 bridgehead atoms. The zero-order valence-electron chi connectivity index (χ0n) is 21.0. The number of nitrogens with two attached hydrogens (primary N) is 1. The molecule has 188 valence electrons. The Hall–Kier alpha value is -1.74. The Morgan fingerprint density at radius 3 is 2.23 bits per heavy atom. The van der Waals surface area contributed by atoms with Crippen LogP contribution in [0.2, 0.25) is 10.1 Å². The van der Waals surface area contributed by atoms with Crippen molar-refractivity contribution in [1.82, 2.24) is 14.8 Å². The molecule has 1 aromatic rings. The number of amides is 2. The average molecular weight is 579 g/mol. The van der Waals surface area contributed by atoms with Crippen LogP contribution in [0.25, 0.3) is 5.57 Å². The number of nitrogens with one attached hydrogen (secondary N) is 1. The van der Waals surface area contributed by atoms with Gasteiger partial charge in [-0.05, 0) is 57.9 Å². The molecule has 2 unspecified atom stereocenters. The predicted octanol–water partition coefficient (Wildman–Crippen LogP) is 2.71. The summed E-state index contributed by atoms with van der Waals surface area (Å²) in [6.07, 6.45) is 0.116. The summed E-state index contributed by atoms with van der Waals surface area (Å²) in [5.41, 5.74) is 7.64. The molecular weight excluding hydrogens is 546 g/mol. The fourth-order valence-electron chi connectivity index (χ4n) is 3.49. The lowest BCUT2D eigenvalue weighted by Crippen LogP contribution is -2.37. The topological polar surface area (TPSA) is 111 Å². The van der Waals surface area contributed by atoms with Crippen molar-refractivity contribution in [1.29, 1.82) is 0 Å². The molecule has 9 nitrogen and oxygen atoms in total. The van der Waals surface area contributed by atoms with Crippen LogP contribution in [0.5, 0.6) is 0 Å². The number of ether oxygens (including phenoxy) is 2. The number of halogens is 1. The number of fused-ring (bicyclic) bond motifs is 1. The van der Waals surface area contributed by atoms with Crippen molar-refractivity contribution >= 4 is 59.8 Å². The van der Waals surface area contributed by atoms with Crippen LogP contribution in [0.3, 0.4) is 0 Å². The summed E-state index contributed by atoms with van der Waals surface area (Å²) in [7, 11) is 7.36. The van der Waals surface area contributed by atoms with E-state index in [-0.39, 0.29) is 59.2 Å². The van der Waals surface area contributed by atoms with E-state index >= 15 is 0 Å². The Morgan fingerprint density at radius 1 is 1.14 bits per heavy atom. The van der Waals surface area contributed by atoms with Crippen molar-refractivity contribution in [3.05, 3.63) is 27.6 Å². The number of carbonyl (C=O) groups excluding carboxylic acids is 2. The van der Waals surface area contributed by atoms with Crippen LogP contribution in [0, 0.1) is 0 Å². The maximum absolute atomic E-state index is 13.8. The van der Waals surface area contributed by atoms with Crippen LogP contribution in [0.15, 0.2) is 21.4 Å². The number of guanidine groups is 1. The molecule has 0 fully saturated rings. The monoisotopic (exact) mass is 577 g/mol. The number of rotatable bonds is 8. The first-order valence-corrected chi connectivity index (χ1v) is 13.2. The van der Waals surface area contributed by atoms with Crippen molar-refractivity contribution in [3.63, 3.8) is 0 Å². The maximum Gasteiger partial charge on any atom is 0.277 e. The quantitative estimate of drug-likeness (QED) is 0.364. The molecule has 0 spiro atoms. The number of carbonyl (C=O) groups is 2. The minimum absolute atomic E-state index is 0.0398. The first-order chi connectivity index (χ1) is 16.1. The lowest BCUT2D eigenvalue weighted by molar-refractivity contribution is -0.115. The highest BCUT2D eigenvalue weighted by Gasteiger charge is 2.35. The van der Waals surface area contributed by atoms with Crippen LogP contribution in [-0.4, -0.2) is 73.2 Å². The zero-order chi connectivity index (χ0) is 26.3. The van der Waals surface area contributed by atoms with E-state index in [0.29, 0.717) is 34.4 Å². The van der Waals surface area contributed by atoms with Gasteiger partial charge < -0.3 is 24.7 Å². The molecule has 3 heterocycles. The molecule has 0 saturated heterocycles. The fourth-order valence-corrected chi connectivity index (χ4v) is 4.17. The van der Waals surface area contributed by atoms with E-state index in [0.717, 1.165) is 0 Å². The largest absolute Gasteiger partial charge is 0.369 e. The minimum atomic E-state index is -0.385. The van der Waals surface area contributed by atoms with Gasteiger partial charge in [0.2, 0.25) is 5.96 Å². The Labute approximate surface area is 221 Å². The number of aliphatic imine (C=N–C) groups is 1. The van der Waals surface area contributed by atoms with Crippen LogP contribution in [-0.2, 0) is 21.0 Å². The lowest BCUT2D eigenvalue weighted by Gasteiger charge is -2.30. The van der Waals surface area contributed by atoms with E-state index in [1.165, 1.54) is 0 Å². The lowest BCUT2D eigenvalue weighted by atomic mass is 10.0. The highest BCUT2D eigenvalue weighted by molar-refractivity contribution is 9.10. The summed E-state index contributed by atoms with van der Waals surface area (Å²) < 4.78 is 14.5. The second-order valence-electron chi connectivity index (χ2n) is 10.1. The summed E-state index contributed by atoms with van der Waals surface area (Å²) in [6.45, 7) is 12.5. The van der Waals surface area contributed by atoms with Crippen molar-refractivity contribution in [2.45, 2.75) is 77.0 Å². The average Bonchev–Trinajstić information content (AvgIpc) is 3.20. The standard InChI is InChI=1S/C23H32BrN5O4Si2/c1-12(22(3,4)34)32-10-28-8-7-14(17-19(30)27-21(25)26-17)15-9-16(24)29(18(15)20(28)31)11-33-13(2)23(5,6)35/h9,12-13H,7-8,10-11H2,1-6H3,(H3,25,26,27,30). The fraction of sp³-hybridized carbons (Fsp3) is 0.609. The number of aromatic nitrogens is 1. The van der Waals surface area contributed by atoms with Crippen molar-refractivity contribution < 1.29 is 19.1 Å². The van der Waals surface area contributed by atoms with Crippen molar-refractivity contribution in [2.24, 2.45) is 10.7 Å². The summed E-state index contributed by atoms with van der Waals surface area (Å²) in [5.74, 6) is -0.563. The maximum atomic E-state index is 13.8. The van der Waals surface area contributed by atoms with Gasteiger partial charge in [0, 0.05) is 32.6 Å². The summed E-state index contributed by atoms with van der Waals surface area (Å²) in [6, 6.07) is 1.83. The molecule has 12 heteroatoms. The van der Waals surface area contributed by atoms with Gasteiger partial charge in [0.15, 0.2) is 0 Å². The smallest absolute Gasteiger partial charge is 0.277 e. The molecule has 0 saturated carbocycles. The van der Waals surface area contributed by atoms with Crippen molar-refractivity contribution in [2.75, 3.05) is 13.3 Å². The van der Waals surface area contributed by atoms with E-state index in [1.807, 2.05) is 47.6 Å². The van der Waals surface area contributed by atoms with Crippen LogP contribution < -0.4 is 11.1 Å². The van der Waals surface area contributed by atoms with Gasteiger partial charge in [-0.15, -0.1) is 0 Å². The Kier molecular flexibility index (Phi) is 8.21. The van der Waals surface area contributed by atoms with E-state index in [2.05, 4.69) is 46.7 Å². The van der Waals surface area contributed by atoms with Gasteiger partial charge >= 0.3 is 0 Å². The summed E-state index contributed by atoms with van der Waals surface area (Å²) in [4.78, 5) is 32.3. The van der Waals surface area contributed by atoms with E-state index in [9.17, 15) is 9.59 Å².